The monoisotopic (exact) mass is 356 g/mol. The largest absolute Gasteiger partial charge is 0.465 e. The van der Waals surface area contributed by atoms with Crippen LogP contribution in [0.5, 0.6) is 0 Å². The van der Waals surface area contributed by atoms with Gasteiger partial charge < -0.3 is 14.6 Å². The molecule has 2 aromatic rings. The number of hydrogen-bond donors (Lipinski definition) is 2. The van der Waals surface area contributed by atoms with Crippen molar-refractivity contribution in [1.82, 2.24) is 14.8 Å². The highest BCUT2D eigenvalue weighted by Gasteiger charge is 2.26. The van der Waals surface area contributed by atoms with Crippen molar-refractivity contribution < 1.29 is 19.5 Å². The van der Waals surface area contributed by atoms with Crippen LogP contribution in [0.2, 0.25) is 0 Å². The molecule has 1 aromatic carbocycles. The quantitative estimate of drug-likeness (QED) is 0.864. The normalized spacial score (nSPS) is 19.1. The fraction of sp³-hybridized carbons (Fsp3) is 0.389. The number of carbonyl (C=O) groups is 3. The summed E-state index contributed by atoms with van der Waals surface area (Å²) in [7, 11) is 0. The van der Waals surface area contributed by atoms with Crippen LogP contribution in [0.3, 0.4) is 0 Å². The van der Waals surface area contributed by atoms with Gasteiger partial charge in [-0.3, -0.25) is 15.0 Å². The molecule has 0 atom stereocenters. The highest BCUT2D eigenvalue weighted by molar-refractivity contribution is 6.06. The average molecular weight is 356 g/mol. The number of imide groups is 1. The lowest BCUT2D eigenvalue weighted by Crippen LogP contribution is -2.49. The number of benzene rings is 1. The number of anilines is 1. The third-order valence-corrected chi connectivity index (χ3v) is 5.20. The van der Waals surface area contributed by atoms with E-state index in [2.05, 4.69) is 9.88 Å². The summed E-state index contributed by atoms with van der Waals surface area (Å²) in [4.78, 5) is 37.4. The van der Waals surface area contributed by atoms with Crippen LogP contribution in [0.1, 0.15) is 25.3 Å². The highest BCUT2D eigenvalue weighted by Crippen LogP contribution is 2.30. The third-order valence-electron chi connectivity index (χ3n) is 5.20. The van der Waals surface area contributed by atoms with Gasteiger partial charge in [-0.1, -0.05) is 0 Å². The second kappa shape index (κ2) is 6.36. The first-order valence-electron chi connectivity index (χ1n) is 8.73. The lowest BCUT2D eigenvalue weighted by Gasteiger charge is -2.31. The molecule has 4 rings (SSSR count). The Morgan fingerprint density at radius 1 is 1.12 bits per heavy atom. The van der Waals surface area contributed by atoms with Gasteiger partial charge in [0, 0.05) is 54.9 Å². The molecule has 2 aliphatic heterocycles. The van der Waals surface area contributed by atoms with Gasteiger partial charge in [0.2, 0.25) is 5.91 Å². The van der Waals surface area contributed by atoms with Crippen LogP contribution in [-0.2, 0) is 4.79 Å². The predicted molar refractivity (Wildman–Crippen MR) is 95.3 cm³/mol. The van der Waals surface area contributed by atoms with Crippen LogP contribution in [0.15, 0.2) is 30.5 Å². The first-order chi connectivity index (χ1) is 12.5. The molecule has 0 spiro atoms. The summed E-state index contributed by atoms with van der Waals surface area (Å²) in [5.41, 5.74) is 1.83. The number of carboxylic acid groups (broad SMARTS) is 1. The van der Waals surface area contributed by atoms with Crippen molar-refractivity contribution in [3.8, 4) is 0 Å². The number of rotatable bonds is 2. The second-order valence-electron chi connectivity index (χ2n) is 6.72. The Hall–Kier alpha value is -3.03. The number of likely N-dealkylation sites (tertiary alicyclic amines) is 1. The van der Waals surface area contributed by atoms with E-state index >= 15 is 0 Å². The van der Waals surface area contributed by atoms with E-state index in [0.717, 1.165) is 29.4 Å². The molecule has 0 unspecified atom stereocenters. The summed E-state index contributed by atoms with van der Waals surface area (Å²) in [5.74, 6) is -0.244. The lowest BCUT2D eigenvalue weighted by molar-refractivity contribution is -0.120. The minimum absolute atomic E-state index is 0.244. The third kappa shape index (κ3) is 2.87. The number of nitrogens with one attached hydrogen (secondary N) is 1. The molecule has 0 saturated carbocycles. The first kappa shape index (κ1) is 16.4. The Morgan fingerprint density at radius 3 is 2.58 bits per heavy atom. The molecule has 0 aliphatic carbocycles. The van der Waals surface area contributed by atoms with Gasteiger partial charge in [-0.25, -0.2) is 9.59 Å². The molecule has 8 heteroatoms. The van der Waals surface area contributed by atoms with Crippen molar-refractivity contribution >= 4 is 34.6 Å². The van der Waals surface area contributed by atoms with Crippen molar-refractivity contribution in [2.45, 2.75) is 25.3 Å². The Kier molecular flexibility index (Phi) is 4.02. The van der Waals surface area contributed by atoms with E-state index in [0.29, 0.717) is 26.1 Å². The van der Waals surface area contributed by atoms with Crippen LogP contribution in [0.25, 0.3) is 10.9 Å². The summed E-state index contributed by atoms with van der Waals surface area (Å²) in [6.45, 7) is 1.46. The molecule has 2 saturated heterocycles. The fourth-order valence-corrected chi connectivity index (χ4v) is 3.78. The molecule has 2 aliphatic rings. The van der Waals surface area contributed by atoms with Gasteiger partial charge in [0.15, 0.2) is 0 Å². The van der Waals surface area contributed by atoms with Crippen LogP contribution < -0.4 is 10.2 Å². The molecule has 3 heterocycles. The zero-order chi connectivity index (χ0) is 18.3. The average Bonchev–Trinajstić information content (AvgIpc) is 3.05. The maximum atomic E-state index is 12.0. The second-order valence-corrected chi connectivity index (χ2v) is 6.72. The van der Waals surface area contributed by atoms with Gasteiger partial charge in [-0.15, -0.1) is 0 Å². The minimum atomic E-state index is -0.858. The van der Waals surface area contributed by atoms with Gasteiger partial charge >= 0.3 is 12.1 Å². The maximum Gasteiger partial charge on any atom is 0.407 e. The molecule has 2 N–H and O–H groups in total. The number of piperidine rings is 1. The smallest absolute Gasteiger partial charge is 0.407 e. The molecule has 2 fully saturated rings. The fourth-order valence-electron chi connectivity index (χ4n) is 3.78. The number of urea groups is 1. The molecule has 4 amide bonds. The van der Waals surface area contributed by atoms with Gasteiger partial charge in [0.05, 0.1) is 0 Å². The summed E-state index contributed by atoms with van der Waals surface area (Å²) in [6, 6.07) is 7.72. The van der Waals surface area contributed by atoms with Gasteiger partial charge in [0.25, 0.3) is 0 Å². The molecule has 26 heavy (non-hydrogen) atoms. The van der Waals surface area contributed by atoms with E-state index in [-0.39, 0.29) is 18.0 Å². The molecule has 8 nitrogen and oxygen atoms in total. The summed E-state index contributed by atoms with van der Waals surface area (Å²) >= 11 is 0. The number of nitrogens with zero attached hydrogens (tertiary/aromatic N) is 3. The van der Waals surface area contributed by atoms with E-state index in [1.807, 2.05) is 30.5 Å². The zero-order valence-corrected chi connectivity index (χ0v) is 14.2. The van der Waals surface area contributed by atoms with Crippen molar-refractivity contribution in [1.29, 1.82) is 0 Å². The molecule has 0 radical (unpaired) electrons. The van der Waals surface area contributed by atoms with E-state index in [1.165, 1.54) is 4.90 Å². The number of hydrogen-bond acceptors (Lipinski definition) is 3. The standard InChI is InChI=1S/C18H20N4O4/c23-16-6-10-22(17(24)19-16)14-1-2-15-12(11-14)3-9-21(15)13-4-7-20(8-5-13)18(25)26/h1-3,9,11,13H,4-8,10H2,(H,25,26)(H,19,23,24). The minimum Gasteiger partial charge on any atom is -0.465 e. The van der Waals surface area contributed by atoms with Crippen molar-refractivity contribution in [2.24, 2.45) is 0 Å². The van der Waals surface area contributed by atoms with E-state index in [1.54, 1.807) is 4.90 Å². The Balaban J connectivity index is 1.56. The Bertz CT molecular complexity index is 882. The van der Waals surface area contributed by atoms with Crippen molar-refractivity contribution in [3.63, 3.8) is 0 Å². The van der Waals surface area contributed by atoms with Gasteiger partial charge in [0.1, 0.15) is 0 Å². The molecule has 1 aromatic heterocycles. The zero-order valence-electron chi connectivity index (χ0n) is 14.2. The Morgan fingerprint density at radius 2 is 1.88 bits per heavy atom. The molecular formula is C18H20N4O4. The van der Waals surface area contributed by atoms with E-state index in [9.17, 15) is 14.4 Å². The molecular weight excluding hydrogens is 336 g/mol. The van der Waals surface area contributed by atoms with Crippen LogP contribution in [-0.4, -0.2) is 52.2 Å². The number of aromatic nitrogens is 1. The molecule has 136 valence electrons. The predicted octanol–water partition coefficient (Wildman–Crippen LogP) is 2.40. The number of amides is 4. The van der Waals surface area contributed by atoms with Gasteiger partial charge in [-0.05, 0) is 37.1 Å². The van der Waals surface area contributed by atoms with Crippen molar-refractivity contribution in [2.75, 3.05) is 24.5 Å². The Labute approximate surface area is 150 Å². The van der Waals surface area contributed by atoms with Crippen LogP contribution in [0.4, 0.5) is 15.3 Å². The van der Waals surface area contributed by atoms with E-state index in [4.69, 9.17) is 5.11 Å². The maximum absolute atomic E-state index is 12.0. The summed E-state index contributed by atoms with van der Waals surface area (Å²) in [6.07, 6.45) is 3.04. The highest BCUT2D eigenvalue weighted by atomic mass is 16.4. The summed E-state index contributed by atoms with van der Waals surface area (Å²) in [5, 5.41) is 12.4. The van der Waals surface area contributed by atoms with E-state index < -0.39 is 6.09 Å². The number of fused-ring (bicyclic) bond motifs is 1. The molecule has 0 bridgehead atoms. The number of carbonyl (C=O) groups excluding carboxylic acids is 2. The first-order valence-corrected chi connectivity index (χ1v) is 8.73. The topological polar surface area (TPSA) is 94.9 Å². The summed E-state index contributed by atoms with van der Waals surface area (Å²) < 4.78 is 2.19. The van der Waals surface area contributed by atoms with Crippen LogP contribution >= 0.6 is 0 Å². The van der Waals surface area contributed by atoms with Gasteiger partial charge in [-0.2, -0.15) is 0 Å². The lowest BCUT2D eigenvalue weighted by atomic mass is 10.0. The van der Waals surface area contributed by atoms with Crippen molar-refractivity contribution in [3.05, 3.63) is 30.5 Å². The SMILES string of the molecule is O=C1CCN(c2ccc3c(ccn3C3CCN(C(=O)O)CC3)c2)C(=O)N1. The van der Waals surface area contributed by atoms with Crippen LogP contribution in [0, 0.1) is 0 Å².